The van der Waals surface area contributed by atoms with E-state index in [-0.39, 0.29) is 0 Å². The van der Waals surface area contributed by atoms with Crippen LogP contribution in [0.15, 0.2) is 23.3 Å². The summed E-state index contributed by atoms with van der Waals surface area (Å²) in [6.07, 6.45) is 5.82. The molecule has 0 aliphatic carbocycles. The van der Waals surface area contributed by atoms with Crippen LogP contribution in [0, 0.1) is 5.92 Å². The van der Waals surface area contributed by atoms with Crippen LogP contribution in [0.4, 0.5) is 5.82 Å². The van der Waals surface area contributed by atoms with Gasteiger partial charge >= 0.3 is 0 Å². The van der Waals surface area contributed by atoms with Crippen molar-refractivity contribution in [2.45, 2.75) is 39.7 Å². The van der Waals surface area contributed by atoms with Gasteiger partial charge in [-0.25, -0.2) is 9.98 Å². The van der Waals surface area contributed by atoms with E-state index in [1.54, 1.807) is 0 Å². The summed E-state index contributed by atoms with van der Waals surface area (Å²) in [5.74, 6) is 2.87. The molecule has 3 heterocycles. The molecule has 7 heteroatoms. The van der Waals surface area contributed by atoms with Crippen molar-refractivity contribution in [1.29, 1.82) is 0 Å². The Morgan fingerprint density at radius 1 is 1.10 bits per heavy atom. The summed E-state index contributed by atoms with van der Waals surface area (Å²) in [5, 5.41) is 6.84. The minimum atomic E-state index is 0.648. The third-order valence-electron chi connectivity index (χ3n) is 6.22. The molecule has 1 aromatic rings. The van der Waals surface area contributed by atoms with E-state index < -0.39 is 0 Å². The quantitative estimate of drug-likeness (QED) is 0.385. The molecule has 0 spiro atoms. The Morgan fingerprint density at radius 3 is 2.53 bits per heavy atom. The van der Waals surface area contributed by atoms with Crippen LogP contribution >= 0.6 is 0 Å². The zero-order valence-corrected chi connectivity index (χ0v) is 19.2. The Labute approximate surface area is 182 Å². The van der Waals surface area contributed by atoms with Crippen molar-refractivity contribution in [3.63, 3.8) is 0 Å². The van der Waals surface area contributed by atoms with E-state index in [0.29, 0.717) is 6.54 Å². The summed E-state index contributed by atoms with van der Waals surface area (Å²) >= 11 is 0. The van der Waals surface area contributed by atoms with Crippen LogP contribution in [0.5, 0.6) is 0 Å². The number of guanidine groups is 1. The van der Waals surface area contributed by atoms with Crippen LogP contribution in [0.25, 0.3) is 0 Å². The number of nitrogens with zero attached hydrogens (tertiary/aromatic N) is 5. The summed E-state index contributed by atoms with van der Waals surface area (Å²) in [5.41, 5.74) is 1.15. The maximum absolute atomic E-state index is 4.75. The van der Waals surface area contributed by atoms with Crippen LogP contribution < -0.4 is 15.5 Å². The molecule has 2 saturated heterocycles. The van der Waals surface area contributed by atoms with Gasteiger partial charge in [-0.2, -0.15) is 0 Å². The number of piperazine rings is 1. The highest BCUT2D eigenvalue weighted by Gasteiger charge is 2.15. The predicted molar refractivity (Wildman–Crippen MR) is 126 cm³/mol. The van der Waals surface area contributed by atoms with Gasteiger partial charge in [-0.15, -0.1) is 0 Å². The van der Waals surface area contributed by atoms with Crippen LogP contribution in [0.3, 0.4) is 0 Å². The number of anilines is 1. The van der Waals surface area contributed by atoms with E-state index in [0.717, 1.165) is 68.9 Å². The Balaban J connectivity index is 1.41. The van der Waals surface area contributed by atoms with Crippen molar-refractivity contribution in [2.24, 2.45) is 10.9 Å². The Hall–Kier alpha value is -1.86. The number of hydrogen-bond donors (Lipinski definition) is 2. The molecule has 0 unspecified atom stereocenters. The summed E-state index contributed by atoms with van der Waals surface area (Å²) in [6.45, 7) is 14.9. The first-order chi connectivity index (χ1) is 14.6. The molecule has 1 aromatic heterocycles. The van der Waals surface area contributed by atoms with Crippen molar-refractivity contribution < 1.29 is 0 Å². The first-order valence-corrected chi connectivity index (χ1v) is 11.8. The first-order valence-electron chi connectivity index (χ1n) is 11.8. The summed E-state index contributed by atoms with van der Waals surface area (Å²) in [7, 11) is 2.18. The van der Waals surface area contributed by atoms with Gasteiger partial charge < -0.3 is 25.3 Å². The molecule has 3 rings (SSSR count). The lowest BCUT2D eigenvalue weighted by atomic mass is 9.99. The highest BCUT2D eigenvalue weighted by Crippen LogP contribution is 2.16. The molecule has 2 N–H and O–H groups in total. The van der Waals surface area contributed by atoms with Crippen molar-refractivity contribution in [3.05, 3.63) is 23.9 Å². The fraction of sp³-hybridized carbons (Fsp3) is 0.739. The monoisotopic (exact) mass is 415 g/mol. The number of aromatic nitrogens is 1. The van der Waals surface area contributed by atoms with Crippen LogP contribution in [-0.4, -0.2) is 86.7 Å². The molecule has 0 atom stereocenters. The van der Waals surface area contributed by atoms with Crippen molar-refractivity contribution in [2.75, 3.05) is 70.9 Å². The largest absolute Gasteiger partial charge is 0.357 e. The van der Waals surface area contributed by atoms with E-state index in [4.69, 9.17) is 4.99 Å². The molecule has 2 aliphatic heterocycles. The standard InChI is InChI=1S/C23H41N7/c1-4-24-23(25-10-5-11-29-12-8-20(2)9-13-29)27-19-21-6-7-22(26-18-21)30-16-14-28(3)15-17-30/h6-7,18,20H,4-5,8-17,19H2,1-3H3,(H2,24,25,27). The van der Waals surface area contributed by atoms with Gasteiger partial charge in [0.2, 0.25) is 0 Å². The van der Waals surface area contributed by atoms with Crippen LogP contribution in [0.2, 0.25) is 0 Å². The highest BCUT2D eigenvalue weighted by molar-refractivity contribution is 5.79. The third kappa shape index (κ3) is 7.43. The van der Waals surface area contributed by atoms with Crippen molar-refractivity contribution >= 4 is 11.8 Å². The Morgan fingerprint density at radius 2 is 1.87 bits per heavy atom. The van der Waals surface area contributed by atoms with Gasteiger partial charge in [-0.3, -0.25) is 0 Å². The van der Waals surface area contributed by atoms with E-state index in [1.165, 1.54) is 32.5 Å². The number of likely N-dealkylation sites (tertiary alicyclic amines) is 1. The Kier molecular flexibility index (Phi) is 9.21. The molecule has 2 aliphatic rings. The SMILES string of the molecule is CCNC(=NCc1ccc(N2CCN(C)CC2)nc1)NCCCN1CCC(C)CC1. The highest BCUT2D eigenvalue weighted by atomic mass is 15.3. The van der Waals surface area contributed by atoms with E-state index in [2.05, 4.69) is 63.3 Å². The van der Waals surface area contributed by atoms with Gasteiger partial charge in [0, 0.05) is 45.5 Å². The van der Waals surface area contributed by atoms with Gasteiger partial charge in [0.1, 0.15) is 5.82 Å². The van der Waals surface area contributed by atoms with Gasteiger partial charge in [0.25, 0.3) is 0 Å². The predicted octanol–water partition coefficient (Wildman–Crippen LogP) is 2.01. The number of aliphatic imine (C=N–C) groups is 1. The summed E-state index contributed by atoms with van der Waals surface area (Å²) < 4.78 is 0. The average molecular weight is 416 g/mol. The Bertz CT molecular complexity index is 629. The number of pyridine rings is 1. The van der Waals surface area contributed by atoms with Gasteiger partial charge in [-0.05, 0) is 70.4 Å². The topological polar surface area (TPSA) is 59.0 Å². The second kappa shape index (κ2) is 12.1. The molecule has 0 bridgehead atoms. The molecule has 0 saturated carbocycles. The maximum atomic E-state index is 4.75. The zero-order chi connectivity index (χ0) is 21.2. The number of hydrogen-bond acceptors (Lipinski definition) is 5. The second-order valence-corrected chi connectivity index (χ2v) is 8.81. The molecule has 0 radical (unpaired) electrons. The lowest BCUT2D eigenvalue weighted by molar-refractivity contribution is 0.191. The molecular weight excluding hydrogens is 374 g/mol. The van der Waals surface area contributed by atoms with Crippen molar-refractivity contribution in [3.8, 4) is 0 Å². The average Bonchev–Trinajstić information content (AvgIpc) is 2.77. The fourth-order valence-corrected chi connectivity index (χ4v) is 4.04. The molecule has 2 fully saturated rings. The molecule has 168 valence electrons. The summed E-state index contributed by atoms with van der Waals surface area (Å²) in [4.78, 5) is 16.7. The minimum absolute atomic E-state index is 0.648. The van der Waals surface area contributed by atoms with Gasteiger partial charge in [0.05, 0.1) is 6.54 Å². The van der Waals surface area contributed by atoms with E-state index in [1.807, 2.05) is 6.20 Å². The molecule has 7 nitrogen and oxygen atoms in total. The number of nitrogens with one attached hydrogen (secondary N) is 2. The lowest BCUT2D eigenvalue weighted by Crippen LogP contribution is -2.44. The van der Waals surface area contributed by atoms with Crippen LogP contribution in [0.1, 0.15) is 38.7 Å². The minimum Gasteiger partial charge on any atom is -0.357 e. The molecule has 0 amide bonds. The molecule has 30 heavy (non-hydrogen) atoms. The van der Waals surface area contributed by atoms with Crippen LogP contribution in [-0.2, 0) is 6.54 Å². The summed E-state index contributed by atoms with van der Waals surface area (Å²) in [6, 6.07) is 4.29. The van der Waals surface area contributed by atoms with E-state index in [9.17, 15) is 0 Å². The van der Waals surface area contributed by atoms with E-state index >= 15 is 0 Å². The smallest absolute Gasteiger partial charge is 0.191 e. The zero-order valence-electron chi connectivity index (χ0n) is 19.2. The number of piperidine rings is 1. The normalized spacial score (nSPS) is 19.8. The maximum Gasteiger partial charge on any atom is 0.191 e. The lowest BCUT2D eigenvalue weighted by Gasteiger charge is -2.33. The van der Waals surface area contributed by atoms with Crippen molar-refractivity contribution in [1.82, 2.24) is 25.4 Å². The number of likely N-dealkylation sites (N-methyl/N-ethyl adjacent to an activating group) is 1. The first kappa shape index (κ1) is 22.8. The fourth-order valence-electron chi connectivity index (χ4n) is 4.04. The third-order valence-corrected chi connectivity index (χ3v) is 6.22. The molecule has 0 aromatic carbocycles. The van der Waals surface area contributed by atoms with Gasteiger partial charge in [-0.1, -0.05) is 13.0 Å². The molecular formula is C23H41N7. The second-order valence-electron chi connectivity index (χ2n) is 8.81. The number of rotatable bonds is 8. The van der Waals surface area contributed by atoms with Gasteiger partial charge in [0.15, 0.2) is 5.96 Å².